The molecule has 5 rings (SSSR count). The van der Waals surface area contributed by atoms with Gasteiger partial charge in [-0.1, -0.05) is 26.2 Å². The summed E-state index contributed by atoms with van der Waals surface area (Å²) in [7, 11) is 0. The summed E-state index contributed by atoms with van der Waals surface area (Å²) in [5, 5.41) is 0. The Balaban J connectivity index is 1.02. The van der Waals surface area contributed by atoms with E-state index in [9.17, 15) is 8.78 Å². The van der Waals surface area contributed by atoms with Crippen LogP contribution in [0.2, 0.25) is 0 Å². The van der Waals surface area contributed by atoms with Crippen molar-refractivity contribution in [2.45, 2.75) is 96.7 Å². The fraction of sp³-hybridized carbons (Fsp3) is 0.806. The zero-order valence-electron chi connectivity index (χ0n) is 22.6. The van der Waals surface area contributed by atoms with Gasteiger partial charge in [-0.3, -0.25) is 0 Å². The molecule has 0 spiro atoms. The van der Waals surface area contributed by atoms with Gasteiger partial charge in [0.15, 0.2) is 17.8 Å². The lowest BCUT2D eigenvalue weighted by Gasteiger charge is -2.37. The van der Waals surface area contributed by atoms with E-state index in [2.05, 4.69) is 6.92 Å². The second-order valence-electron chi connectivity index (χ2n) is 12.2. The summed E-state index contributed by atoms with van der Waals surface area (Å²) in [6, 6.07) is 3.04. The number of hydrogen-bond acceptors (Lipinski definition) is 4. The van der Waals surface area contributed by atoms with Crippen molar-refractivity contribution in [3.63, 3.8) is 0 Å². The van der Waals surface area contributed by atoms with Gasteiger partial charge in [0.1, 0.15) is 0 Å². The highest BCUT2D eigenvalue weighted by Gasteiger charge is 2.32. The Morgan fingerprint density at radius 2 is 1.03 bits per heavy atom. The molecule has 1 heterocycles. The molecule has 3 saturated carbocycles. The molecule has 6 heteroatoms. The van der Waals surface area contributed by atoms with Crippen molar-refractivity contribution in [2.75, 3.05) is 26.4 Å². The third-order valence-corrected chi connectivity index (χ3v) is 9.91. The van der Waals surface area contributed by atoms with E-state index in [1.54, 1.807) is 0 Å². The second-order valence-corrected chi connectivity index (χ2v) is 12.2. The van der Waals surface area contributed by atoms with Gasteiger partial charge in [0, 0.05) is 5.92 Å². The highest BCUT2D eigenvalue weighted by atomic mass is 19.2. The smallest absolute Gasteiger partial charge is 0.204 e. The molecule has 3 aliphatic carbocycles. The van der Waals surface area contributed by atoms with Gasteiger partial charge in [-0.15, -0.1) is 0 Å². The first kappa shape index (κ1) is 27.2. The molecule has 0 aromatic heterocycles. The van der Waals surface area contributed by atoms with Crippen LogP contribution in [-0.4, -0.2) is 32.7 Å². The summed E-state index contributed by atoms with van der Waals surface area (Å²) in [4.78, 5) is 0. The van der Waals surface area contributed by atoms with Crippen LogP contribution >= 0.6 is 0 Å². The molecule has 1 aliphatic heterocycles. The lowest BCUT2D eigenvalue weighted by molar-refractivity contribution is -0.0960. The van der Waals surface area contributed by atoms with Gasteiger partial charge in [-0.05, 0) is 106 Å². The number of rotatable bonds is 9. The SMILES string of the molecule is CCC1CCC(C2CCC(COc3ccc(OCC4CCC(C5OCCO5)CC4)c(F)c3F)CC2)CC1. The van der Waals surface area contributed by atoms with E-state index in [0.717, 1.165) is 56.3 Å². The maximum absolute atomic E-state index is 14.8. The largest absolute Gasteiger partial charge is 0.490 e. The number of hydrogen-bond donors (Lipinski definition) is 0. The minimum atomic E-state index is -0.940. The van der Waals surface area contributed by atoms with E-state index in [1.165, 1.54) is 57.1 Å². The highest BCUT2D eigenvalue weighted by molar-refractivity contribution is 5.35. The standard InChI is InChI=1S/C31H46F2O4/c1-2-21-3-9-24(10-4-21)25-11-5-22(6-12-25)19-36-27-15-16-28(30(33)29(27)32)37-20-23-7-13-26(14-8-23)31-34-17-18-35-31/h15-16,21-26,31H,2-14,17-20H2,1H3. The van der Waals surface area contributed by atoms with Crippen LogP contribution in [0.25, 0.3) is 0 Å². The van der Waals surface area contributed by atoms with Crippen molar-refractivity contribution in [2.24, 2.45) is 35.5 Å². The van der Waals surface area contributed by atoms with E-state index in [-0.39, 0.29) is 17.8 Å². The first-order chi connectivity index (χ1) is 18.1. The molecule has 4 fully saturated rings. The van der Waals surface area contributed by atoms with Crippen LogP contribution in [0.1, 0.15) is 90.4 Å². The van der Waals surface area contributed by atoms with Crippen molar-refractivity contribution in [1.82, 2.24) is 0 Å². The van der Waals surface area contributed by atoms with Gasteiger partial charge in [0.2, 0.25) is 11.6 Å². The monoisotopic (exact) mass is 520 g/mol. The van der Waals surface area contributed by atoms with E-state index >= 15 is 0 Å². The molecule has 1 aromatic carbocycles. The third-order valence-electron chi connectivity index (χ3n) is 9.91. The minimum absolute atomic E-state index is 0.00179. The summed E-state index contributed by atoms with van der Waals surface area (Å²) in [6.45, 7) is 4.54. The Labute approximate surface area is 221 Å². The van der Waals surface area contributed by atoms with Crippen molar-refractivity contribution in [3.8, 4) is 11.5 Å². The normalized spacial score (nSPS) is 33.4. The van der Waals surface area contributed by atoms with Gasteiger partial charge >= 0.3 is 0 Å². The lowest BCUT2D eigenvalue weighted by atomic mass is 9.69. The molecular formula is C31H46F2O4. The average molecular weight is 521 g/mol. The Morgan fingerprint density at radius 3 is 1.46 bits per heavy atom. The van der Waals surface area contributed by atoms with Crippen LogP contribution in [0.3, 0.4) is 0 Å². The molecule has 4 aliphatic rings. The van der Waals surface area contributed by atoms with E-state index in [0.29, 0.717) is 44.2 Å². The maximum Gasteiger partial charge on any atom is 0.204 e. The van der Waals surface area contributed by atoms with E-state index in [1.807, 2.05) is 0 Å². The molecular weight excluding hydrogens is 474 g/mol. The number of benzene rings is 1. The number of ether oxygens (including phenoxy) is 4. The highest BCUT2D eigenvalue weighted by Crippen LogP contribution is 2.42. The minimum Gasteiger partial charge on any atom is -0.490 e. The van der Waals surface area contributed by atoms with Crippen LogP contribution in [-0.2, 0) is 9.47 Å². The van der Waals surface area contributed by atoms with E-state index < -0.39 is 11.6 Å². The van der Waals surface area contributed by atoms with Crippen molar-refractivity contribution in [3.05, 3.63) is 23.8 Å². The van der Waals surface area contributed by atoms with Gasteiger partial charge in [0.05, 0.1) is 26.4 Å². The maximum atomic E-state index is 14.8. The summed E-state index contributed by atoms with van der Waals surface area (Å²) in [5.74, 6) is 2.00. The Morgan fingerprint density at radius 1 is 0.622 bits per heavy atom. The van der Waals surface area contributed by atoms with Gasteiger partial charge in [0.25, 0.3) is 0 Å². The predicted octanol–water partition coefficient (Wildman–Crippen LogP) is 7.92. The molecule has 0 amide bonds. The zero-order valence-corrected chi connectivity index (χ0v) is 22.6. The van der Waals surface area contributed by atoms with Crippen LogP contribution in [0.4, 0.5) is 8.78 Å². The Hall–Kier alpha value is -1.40. The lowest BCUT2D eigenvalue weighted by Crippen LogP contribution is -2.28. The quantitative estimate of drug-likeness (QED) is 0.331. The number of halogens is 2. The fourth-order valence-electron chi connectivity index (χ4n) is 7.32. The third kappa shape index (κ3) is 6.98. The van der Waals surface area contributed by atoms with Crippen molar-refractivity contribution in [1.29, 1.82) is 0 Å². The zero-order chi connectivity index (χ0) is 25.6. The first-order valence-electron chi connectivity index (χ1n) is 15.1. The topological polar surface area (TPSA) is 36.9 Å². The van der Waals surface area contributed by atoms with Crippen LogP contribution in [0.15, 0.2) is 12.1 Å². The molecule has 208 valence electrons. The summed E-state index contributed by atoms with van der Waals surface area (Å²) in [5.41, 5.74) is 0. The average Bonchev–Trinajstić information content (AvgIpc) is 3.49. The summed E-state index contributed by atoms with van der Waals surface area (Å²) in [6.07, 6.45) is 15.6. The second kappa shape index (κ2) is 13.1. The van der Waals surface area contributed by atoms with Crippen LogP contribution in [0.5, 0.6) is 11.5 Å². The first-order valence-corrected chi connectivity index (χ1v) is 15.1. The molecule has 0 bridgehead atoms. The van der Waals surface area contributed by atoms with E-state index in [4.69, 9.17) is 18.9 Å². The Bertz CT molecular complexity index is 834. The fourth-order valence-corrected chi connectivity index (χ4v) is 7.32. The van der Waals surface area contributed by atoms with Crippen molar-refractivity contribution >= 4 is 0 Å². The van der Waals surface area contributed by atoms with Crippen LogP contribution < -0.4 is 9.47 Å². The van der Waals surface area contributed by atoms with Gasteiger partial charge < -0.3 is 18.9 Å². The molecule has 4 nitrogen and oxygen atoms in total. The molecule has 1 saturated heterocycles. The molecule has 37 heavy (non-hydrogen) atoms. The van der Waals surface area contributed by atoms with Gasteiger partial charge in [-0.25, -0.2) is 0 Å². The molecule has 0 unspecified atom stereocenters. The summed E-state index contributed by atoms with van der Waals surface area (Å²) < 4.78 is 52.3. The van der Waals surface area contributed by atoms with Crippen LogP contribution in [0, 0.1) is 47.1 Å². The Kier molecular flexibility index (Phi) is 9.62. The molecule has 0 atom stereocenters. The summed E-state index contributed by atoms with van der Waals surface area (Å²) >= 11 is 0. The molecule has 0 radical (unpaired) electrons. The van der Waals surface area contributed by atoms with Gasteiger partial charge in [-0.2, -0.15) is 8.78 Å². The molecule has 0 N–H and O–H groups in total. The molecule has 1 aromatic rings. The van der Waals surface area contributed by atoms with Crippen molar-refractivity contribution < 1.29 is 27.7 Å². The predicted molar refractivity (Wildman–Crippen MR) is 140 cm³/mol.